The average Bonchev–Trinajstić information content (AvgIpc) is 2.85. The van der Waals surface area contributed by atoms with Crippen molar-refractivity contribution in [1.29, 1.82) is 0 Å². The number of carbonyl (C=O) groups excluding carboxylic acids is 1. The highest BCUT2D eigenvalue weighted by atomic mass is 35.5. The number of rotatable bonds is 2. The fraction of sp³-hybridized carbons (Fsp3) is 0.0714. The van der Waals surface area contributed by atoms with E-state index in [0.717, 1.165) is 0 Å². The Kier molecular flexibility index (Phi) is 3.53. The SMILES string of the molecule is CC(=O)n1nnc2cc(Oc3ccc(Cl)cc3Cl)ccc21. The van der Waals surface area contributed by atoms with E-state index in [2.05, 4.69) is 10.3 Å². The Labute approximate surface area is 130 Å². The van der Waals surface area contributed by atoms with E-state index < -0.39 is 0 Å². The molecular formula is C14H9Cl2N3O2. The first-order chi connectivity index (χ1) is 10.0. The Balaban J connectivity index is 1.96. The lowest BCUT2D eigenvalue weighted by Crippen LogP contribution is -2.06. The van der Waals surface area contributed by atoms with Gasteiger partial charge in [-0.3, -0.25) is 4.79 Å². The quantitative estimate of drug-likeness (QED) is 0.710. The van der Waals surface area contributed by atoms with E-state index in [0.29, 0.717) is 32.6 Å². The van der Waals surface area contributed by atoms with Crippen LogP contribution in [-0.4, -0.2) is 20.9 Å². The first kappa shape index (κ1) is 13.9. The molecule has 0 saturated heterocycles. The highest BCUT2D eigenvalue weighted by molar-refractivity contribution is 6.35. The smallest absolute Gasteiger partial charge is 0.245 e. The number of aromatic nitrogens is 3. The maximum absolute atomic E-state index is 11.4. The third kappa shape index (κ3) is 2.70. The van der Waals surface area contributed by atoms with Crippen LogP contribution < -0.4 is 4.74 Å². The maximum Gasteiger partial charge on any atom is 0.245 e. The Morgan fingerprint density at radius 3 is 2.71 bits per heavy atom. The van der Waals surface area contributed by atoms with Gasteiger partial charge in [0.1, 0.15) is 17.0 Å². The van der Waals surface area contributed by atoms with Crippen molar-refractivity contribution < 1.29 is 9.53 Å². The molecule has 0 unspecified atom stereocenters. The fourth-order valence-corrected chi connectivity index (χ4v) is 2.33. The number of benzene rings is 2. The lowest BCUT2D eigenvalue weighted by molar-refractivity contribution is 0.0924. The molecule has 0 radical (unpaired) electrons. The van der Waals surface area contributed by atoms with Gasteiger partial charge >= 0.3 is 0 Å². The van der Waals surface area contributed by atoms with Crippen LogP contribution in [0.1, 0.15) is 11.7 Å². The van der Waals surface area contributed by atoms with Crippen LogP contribution in [0.25, 0.3) is 11.0 Å². The fourth-order valence-electron chi connectivity index (χ4n) is 1.88. The van der Waals surface area contributed by atoms with E-state index in [1.807, 2.05) is 0 Å². The highest BCUT2D eigenvalue weighted by Crippen LogP contribution is 2.32. The zero-order valence-corrected chi connectivity index (χ0v) is 12.4. The molecule has 0 aliphatic carbocycles. The molecule has 3 rings (SSSR count). The summed E-state index contributed by atoms with van der Waals surface area (Å²) in [5, 5.41) is 8.67. The molecule has 0 fully saturated rings. The molecule has 1 aromatic heterocycles. The number of fused-ring (bicyclic) bond motifs is 1. The monoisotopic (exact) mass is 321 g/mol. The van der Waals surface area contributed by atoms with E-state index in [9.17, 15) is 4.79 Å². The predicted octanol–water partition coefficient (Wildman–Crippen LogP) is 4.19. The molecule has 0 aliphatic rings. The van der Waals surface area contributed by atoms with Crippen LogP contribution in [0.2, 0.25) is 10.0 Å². The number of halogens is 2. The second kappa shape index (κ2) is 5.35. The molecule has 5 nitrogen and oxygen atoms in total. The van der Waals surface area contributed by atoms with Gasteiger partial charge in [-0.2, -0.15) is 4.68 Å². The van der Waals surface area contributed by atoms with Crippen molar-refractivity contribution in [2.45, 2.75) is 6.92 Å². The molecule has 0 bridgehead atoms. The Morgan fingerprint density at radius 1 is 1.19 bits per heavy atom. The van der Waals surface area contributed by atoms with E-state index in [-0.39, 0.29) is 5.91 Å². The summed E-state index contributed by atoms with van der Waals surface area (Å²) in [5.74, 6) is 0.827. The molecule has 106 valence electrons. The molecule has 0 amide bonds. The van der Waals surface area contributed by atoms with E-state index in [1.165, 1.54) is 11.6 Å². The van der Waals surface area contributed by atoms with E-state index in [4.69, 9.17) is 27.9 Å². The molecule has 0 atom stereocenters. The summed E-state index contributed by atoms with van der Waals surface area (Å²) in [6.45, 7) is 1.42. The molecule has 0 N–H and O–H groups in total. The van der Waals surface area contributed by atoms with Crippen molar-refractivity contribution >= 4 is 40.1 Å². The standard InChI is InChI=1S/C14H9Cl2N3O2/c1-8(20)19-13-4-3-10(7-12(13)17-18-19)21-14-5-2-9(15)6-11(14)16/h2-7H,1H3. The zero-order valence-electron chi connectivity index (χ0n) is 10.9. The summed E-state index contributed by atoms with van der Waals surface area (Å²) in [6.07, 6.45) is 0. The Hall–Kier alpha value is -2.11. The van der Waals surface area contributed by atoms with Gasteiger partial charge < -0.3 is 4.74 Å². The van der Waals surface area contributed by atoms with Crippen molar-refractivity contribution in [1.82, 2.24) is 15.0 Å². The lowest BCUT2D eigenvalue weighted by atomic mass is 10.3. The van der Waals surface area contributed by atoms with Gasteiger partial charge in [0.2, 0.25) is 5.91 Å². The van der Waals surface area contributed by atoms with Gasteiger partial charge in [-0.05, 0) is 30.3 Å². The van der Waals surface area contributed by atoms with Gasteiger partial charge in [-0.1, -0.05) is 28.4 Å². The first-order valence-electron chi connectivity index (χ1n) is 6.04. The topological polar surface area (TPSA) is 57.0 Å². The van der Waals surface area contributed by atoms with Crippen molar-refractivity contribution in [3.63, 3.8) is 0 Å². The number of hydrogen-bond acceptors (Lipinski definition) is 4. The summed E-state index contributed by atoms with van der Waals surface area (Å²) < 4.78 is 6.92. The third-order valence-corrected chi connectivity index (χ3v) is 3.37. The largest absolute Gasteiger partial charge is 0.456 e. The molecule has 3 aromatic rings. The van der Waals surface area contributed by atoms with Crippen LogP contribution in [0.15, 0.2) is 36.4 Å². The average molecular weight is 322 g/mol. The van der Waals surface area contributed by atoms with E-state index >= 15 is 0 Å². The Morgan fingerprint density at radius 2 is 2.00 bits per heavy atom. The van der Waals surface area contributed by atoms with Crippen LogP contribution in [0.3, 0.4) is 0 Å². The molecule has 21 heavy (non-hydrogen) atoms. The van der Waals surface area contributed by atoms with Gasteiger partial charge in [-0.25, -0.2) is 0 Å². The zero-order chi connectivity index (χ0) is 15.0. The third-order valence-electron chi connectivity index (χ3n) is 2.84. The summed E-state index contributed by atoms with van der Waals surface area (Å²) in [5.41, 5.74) is 1.19. The summed E-state index contributed by atoms with van der Waals surface area (Å²) in [4.78, 5) is 11.4. The van der Waals surface area contributed by atoms with Crippen molar-refractivity contribution in [2.24, 2.45) is 0 Å². The highest BCUT2D eigenvalue weighted by Gasteiger charge is 2.10. The normalized spacial score (nSPS) is 10.8. The summed E-state index contributed by atoms with van der Waals surface area (Å²) >= 11 is 11.9. The van der Waals surface area contributed by atoms with Crippen LogP contribution in [0.5, 0.6) is 11.5 Å². The molecular weight excluding hydrogens is 313 g/mol. The van der Waals surface area contributed by atoms with Gasteiger partial charge in [0.05, 0.1) is 10.5 Å². The molecule has 0 aliphatic heterocycles. The minimum absolute atomic E-state index is 0.202. The maximum atomic E-state index is 11.4. The molecule has 0 spiro atoms. The molecule has 2 aromatic carbocycles. The van der Waals surface area contributed by atoms with Gasteiger partial charge in [0.15, 0.2) is 0 Å². The number of hydrogen-bond donors (Lipinski definition) is 0. The second-order valence-electron chi connectivity index (χ2n) is 4.35. The second-order valence-corrected chi connectivity index (χ2v) is 5.19. The minimum atomic E-state index is -0.202. The van der Waals surface area contributed by atoms with Gasteiger partial charge in [0, 0.05) is 18.0 Å². The van der Waals surface area contributed by atoms with Gasteiger partial charge in [-0.15, -0.1) is 5.10 Å². The number of ether oxygens (including phenoxy) is 1. The van der Waals surface area contributed by atoms with Gasteiger partial charge in [0.25, 0.3) is 0 Å². The minimum Gasteiger partial charge on any atom is -0.456 e. The first-order valence-corrected chi connectivity index (χ1v) is 6.79. The van der Waals surface area contributed by atoms with Crippen molar-refractivity contribution in [2.75, 3.05) is 0 Å². The summed E-state index contributed by atoms with van der Waals surface area (Å²) in [6, 6.07) is 10.1. The number of nitrogens with zero attached hydrogens (tertiary/aromatic N) is 3. The van der Waals surface area contributed by atoms with Crippen LogP contribution in [0, 0.1) is 0 Å². The lowest BCUT2D eigenvalue weighted by Gasteiger charge is -2.07. The van der Waals surface area contributed by atoms with Crippen molar-refractivity contribution in [3.05, 3.63) is 46.4 Å². The number of carbonyl (C=O) groups is 1. The van der Waals surface area contributed by atoms with Crippen LogP contribution in [-0.2, 0) is 0 Å². The predicted molar refractivity (Wildman–Crippen MR) is 80.4 cm³/mol. The molecule has 0 saturated carbocycles. The Bertz CT molecular complexity index is 845. The van der Waals surface area contributed by atoms with Crippen LogP contribution in [0.4, 0.5) is 0 Å². The van der Waals surface area contributed by atoms with Crippen molar-refractivity contribution in [3.8, 4) is 11.5 Å². The van der Waals surface area contributed by atoms with Crippen LogP contribution >= 0.6 is 23.2 Å². The molecule has 7 heteroatoms. The van der Waals surface area contributed by atoms with E-state index in [1.54, 1.807) is 36.4 Å². The molecule has 1 heterocycles. The summed E-state index contributed by atoms with van der Waals surface area (Å²) in [7, 11) is 0.